The van der Waals surface area contributed by atoms with Crippen LogP contribution in [0.1, 0.15) is 31.2 Å². The molecular formula is C25H33F3N6O2. The summed E-state index contributed by atoms with van der Waals surface area (Å²) < 4.78 is 43.2. The van der Waals surface area contributed by atoms with E-state index in [0.29, 0.717) is 31.2 Å². The highest BCUT2D eigenvalue weighted by Gasteiger charge is 2.31. The zero-order valence-electron chi connectivity index (χ0n) is 20.5. The van der Waals surface area contributed by atoms with Gasteiger partial charge in [-0.05, 0) is 44.0 Å². The summed E-state index contributed by atoms with van der Waals surface area (Å²) in [7, 11) is 1.61. The zero-order valence-corrected chi connectivity index (χ0v) is 20.5. The van der Waals surface area contributed by atoms with Gasteiger partial charge in [0.05, 0.1) is 24.6 Å². The Bertz CT molecular complexity index is 971. The number of anilines is 2. The van der Waals surface area contributed by atoms with Gasteiger partial charge in [-0.2, -0.15) is 13.2 Å². The Labute approximate surface area is 209 Å². The number of rotatable bonds is 8. The minimum atomic E-state index is -4.39. The standard InChI is InChI=1S/C25H33F3N6O2/c1-36-23-7-5-21(18-30-23)33-15-13-32(14-16-33)10-2-3-24(35)34-11-8-20(9-12-34)31-22-6-4-19(17-29-22)25(26,27)28/h4-7,17-18,20H,2-3,8-16H2,1H3,(H,29,31). The first kappa shape index (κ1) is 26.0. The summed E-state index contributed by atoms with van der Waals surface area (Å²) in [6.07, 6.45) is 1.15. The second-order valence-electron chi connectivity index (χ2n) is 9.22. The van der Waals surface area contributed by atoms with Crippen LogP contribution < -0.4 is 15.0 Å². The molecule has 2 aromatic rings. The van der Waals surface area contributed by atoms with Crippen LogP contribution in [0.15, 0.2) is 36.7 Å². The molecule has 0 saturated carbocycles. The van der Waals surface area contributed by atoms with Crippen molar-refractivity contribution in [3.8, 4) is 5.88 Å². The van der Waals surface area contributed by atoms with E-state index in [1.165, 1.54) is 6.07 Å². The lowest BCUT2D eigenvalue weighted by Crippen LogP contribution is -2.47. The van der Waals surface area contributed by atoms with E-state index in [-0.39, 0.29) is 11.9 Å². The van der Waals surface area contributed by atoms with Crippen LogP contribution in [-0.4, -0.2) is 84.6 Å². The Morgan fingerprint density at radius 3 is 2.36 bits per heavy atom. The maximum absolute atomic E-state index is 12.7. The van der Waals surface area contributed by atoms with Crippen molar-refractivity contribution in [2.75, 3.05) is 63.1 Å². The van der Waals surface area contributed by atoms with Crippen molar-refractivity contribution in [1.82, 2.24) is 19.8 Å². The molecule has 0 radical (unpaired) electrons. The van der Waals surface area contributed by atoms with Gasteiger partial charge in [0.1, 0.15) is 5.82 Å². The monoisotopic (exact) mass is 506 g/mol. The van der Waals surface area contributed by atoms with Crippen molar-refractivity contribution in [1.29, 1.82) is 0 Å². The molecule has 2 saturated heterocycles. The smallest absolute Gasteiger partial charge is 0.417 e. The highest BCUT2D eigenvalue weighted by atomic mass is 19.4. The number of ether oxygens (including phenoxy) is 1. The van der Waals surface area contributed by atoms with E-state index in [0.717, 1.165) is 69.9 Å². The Balaban J connectivity index is 1.11. The lowest BCUT2D eigenvalue weighted by molar-refractivity contribution is -0.137. The Morgan fingerprint density at radius 1 is 1.03 bits per heavy atom. The molecule has 4 rings (SSSR count). The fraction of sp³-hybridized carbons (Fsp3) is 0.560. The number of aromatic nitrogens is 2. The molecule has 2 aliphatic rings. The van der Waals surface area contributed by atoms with Crippen molar-refractivity contribution in [3.05, 3.63) is 42.2 Å². The fourth-order valence-corrected chi connectivity index (χ4v) is 4.65. The quantitative estimate of drug-likeness (QED) is 0.588. The molecule has 11 heteroatoms. The van der Waals surface area contributed by atoms with Crippen LogP contribution in [0, 0.1) is 0 Å². The van der Waals surface area contributed by atoms with Crippen LogP contribution in [0.25, 0.3) is 0 Å². The highest BCUT2D eigenvalue weighted by molar-refractivity contribution is 5.76. The third kappa shape index (κ3) is 6.99. The number of methoxy groups -OCH3 is 1. The number of likely N-dealkylation sites (tertiary alicyclic amines) is 1. The van der Waals surface area contributed by atoms with Crippen LogP contribution in [0.4, 0.5) is 24.7 Å². The molecule has 2 fully saturated rings. The van der Waals surface area contributed by atoms with Gasteiger partial charge in [0.25, 0.3) is 0 Å². The lowest BCUT2D eigenvalue weighted by atomic mass is 10.0. The summed E-state index contributed by atoms with van der Waals surface area (Å²) in [6, 6.07) is 6.38. The second-order valence-corrected chi connectivity index (χ2v) is 9.22. The van der Waals surface area contributed by atoms with Crippen LogP contribution >= 0.6 is 0 Å². The predicted molar refractivity (Wildman–Crippen MR) is 131 cm³/mol. The maximum Gasteiger partial charge on any atom is 0.417 e. The van der Waals surface area contributed by atoms with E-state index in [4.69, 9.17) is 4.74 Å². The molecule has 196 valence electrons. The molecule has 1 amide bonds. The molecule has 8 nitrogen and oxygen atoms in total. The largest absolute Gasteiger partial charge is 0.481 e. The van der Waals surface area contributed by atoms with E-state index >= 15 is 0 Å². The normalized spacial score (nSPS) is 17.8. The van der Waals surface area contributed by atoms with Crippen LogP contribution in [0.2, 0.25) is 0 Å². The predicted octanol–water partition coefficient (Wildman–Crippen LogP) is 3.51. The van der Waals surface area contributed by atoms with Crippen molar-refractivity contribution in [3.63, 3.8) is 0 Å². The molecule has 36 heavy (non-hydrogen) atoms. The number of carbonyl (C=O) groups is 1. The first-order valence-electron chi connectivity index (χ1n) is 12.4. The molecule has 1 N–H and O–H groups in total. The van der Waals surface area contributed by atoms with E-state index in [2.05, 4.69) is 25.1 Å². The average Bonchev–Trinajstić information content (AvgIpc) is 2.89. The third-order valence-electron chi connectivity index (χ3n) is 6.82. The number of pyridine rings is 2. The van der Waals surface area contributed by atoms with E-state index in [9.17, 15) is 18.0 Å². The molecule has 0 atom stereocenters. The summed E-state index contributed by atoms with van der Waals surface area (Å²) in [6.45, 7) is 5.95. The zero-order chi connectivity index (χ0) is 25.5. The summed E-state index contributed by atoms with van der Waals surface area (Å²) in [5, 5.41) is 3.19. The fourth-order valence-electron chi connectivity index (χ4n) is 4.65. The summed E-state index contributed by atoms with van der Waals surface area (Å²) in [5.41, 5.74) is 0.336. The number of piperazine rings is 1. The number of nitrogens with one attached hydrogen (secondary N) is 1. The van der Waals surface area contributed by atoms with Crippen molar-refractivity contribution < 1.29 is 22.7 Å². The average molecular weight is 507 g/mol. The van der Waals surface area contributed by atoms with E-state index in [1.54, 1.807) is 7.11 Å². The number of nitrogens with zero attached hydrogens (tertiary/aromatic N) is 5. The second kappa shape index (κ2) is 11.8. The number of hydrogen-bond donors (Lipinski definition) is 1. The van der Waals surface area contributed by atoms with Crippen molar-refractivity contribution in [2.45, 2.75) is 37.9 Å². The Hall–Kier alpha value is -3.08. The van der Waals surface area contributed by atoms with Crippen LogP contribution in [0.5, 0.6) is 5.88 Å². The maximum atomic E-state index is 12.7. The molecule has 0 bridgehead atoms. The molecular weight excluding hydrogens is 473 g/mol. The topological polar surface area (TPSA) is 73.8 Å². The van der Waals surface area contributed by atoms with Gasteiger partial charge in [-0.1, -0.05) is 0 Å². The highest BCUT2D eigenvalue weighted by Crippen LogP contribution is 2.29. The van der Waals surface area contributed by atoms with Crippen LogP contribution in [-0.2, 0) is 11.0 Å². The summed E-state index contributed by atoms with van der Waals surface area (Å²) >= 11 is 0. The Kier molecular flexibility index (Phi) is 8.50. The minimum Gasteiger partial charge on any atom is -0.481 e. The molecule has 4 heterocycles. The first-order chi connectivity index (χ1) is 17.3. The number of alkyl halides is 3. The van der Waals surface area contributed by atoms with Gasteiger partial charge < -0.3 is 19.9 Å². The van der Waals surface area contributed by atoms with Gasteiger partial charge in [-0.15, -0.1) is 0 Å². The number of halogens is 3. The molecule has 0 aliphatic carbocycles. The number of carbonyl (C=O) groups excluding carboxylic acids is 1. The molecule has 0 aromatic carbocycles. The molecule has 0 spiro atoms. The third-order valence-corrected chi connectivity index (χ3v) is 6.82. The van der Waals surface area contributed by atoms with Gasteiger partial charge in [0, 0.05) is 64.0 Å². The van der Waals surface area contributed by atoms with Crippen molar-refractivity contribution >= 4 is 17.4 Å². The molecule has 2 aromatic heterocycles. The van der Waals surface area contributed by atoms with Gasteiger partial charge in [-0.3, -0.25) is 9.69 Å². The lowest BCUT2D eigenvalue weighted by Gasteiger charge is -2.36. The first-order valence-corrected chi connectivity index (χ1v) is 12.4. The number of piperidine rings is 1. The van der Waals surface area contributed by atoms with Crippen LogP contribution in [0.3, 0.4) is 0 Å². The minimum absolute atomic E-state index is 0.0930. The Morgan fingerprint density at radius 2 is 1.78 bits per heavy atom. The number of hydrogen-bond acceptors (Lipinski definition) is 7. The van der Waals surface area contributed by atoms with Crippen molar-refractivity contribution in [2.24, 2.45) is 0 Å². The van der Waals surface area contributed by atoms with E-state index < -0.39 is 11.7 Å². The SMILES string of the molecule is COc1ccc(N2CCN(CCCC(=O)N3CCC(Nc4ccc(C(F)(F)F)cn4)CC3)CC2)cn1. The van der Waals surface area contributed by atoms with E-state index in [1.807, 2.05) is 23.2 Å². The molecule has 0 unspecified atom stereocenters. The summed E-state index contributed by atoms with van der Waals surface area (Å²) in [5.74, 6) is 1.21. The summed E-state index contributed by atoms with van der Waals surface area (Å²) in [4.78, 5) is 27.4. The van der Waals surface area contributed by atoms with Gasteiger partial charge in [-0.25, -0.2) is 9.97 Å². The van der Waals surface area contributed by atoms with Gasteiger partial charge >= 0.3 is 6.18 Å². The molecule has 2 aliphatic heterocycles. The van der Waals surface area contributed by atoms with Gasteiger partial charge in [0.2, 0.25) is 11.8 Å². The van der Waals surface area contributed by atoms with Gasteiger partial charge in [0.15, 0.2) is 0 Å². The number of amides is 1.